The van der Waals surface area contributed by atoms with Gasteiger partial charge in [-0.25, -0.2) is 9.98 Å². The Labute approximate surface area is 209 Å². The van der Waals surface area contributed by atoms with Gasteiger partial charge in [0.05, 0.1) is 26.9 Å². The van der Waals surface area contributed by atoms with E-state index in [-0.39, 0.29) is 24.0 Å². The summed E-state index contributed by atoms with van der Waals surface area (Å²) >= 11 is 0. The van der Waals surface area contributed by atoms with Crippen molar-refractivity contribution in [1.29, 1.82) is 0 Å². The zero-order valence-corrected chi connectivity index (χ0v) is 21.7. The van der Waals surface area contributed by atoms with Gasteiger partial charge in [0.15, 0.2) is 5.96 Å². The van der Waals surface area contributed by atoms with Crippen molar-refractivity contribution in [2.45, 2.75) is 32.7 Å². The first-order valence-electron chi connectivity index (χ1n) is 11.1. The third kappa shape index (κ3) is 7.81. The van der Waals surface area contributed by atoms with E-state index in [9.17, 15) is 0 Å². The summed E-state index contributed by atoms with van der Waals surface area (Å²) in [6, 6.07) is 12.4. The van der Waals surface area contributed by atoms with Crippen LogP contribution in [0.4, 0.5) is 5.82 Å². The number of rotatable bonds is 9. The minimum atomic E-state index is 0. The molecule has 0 radical (unpaired) electrons. The molecule has 2 aromatic rings. The minimum absolute atomic E-state index is 0. The van der Waals surface area contributed by atoms with Crippen LogP contribution in [0.15, 0.2) is 47.6 Å². The first-order valence-corrected chi connectivity index (χ1v) is 11.1. The average Bonchev–Trinajstić information content (AvgIpc) is 2.83. The van der Waals surface area contributed by atoms with Crippen molar-refractivity contribution in [3.05, 3.63) is 53.7 Å². The van der Waals surface area contributed by atoms with E-state index in [1.165, 1.54) is 5.56 Å². The number of guanidine groups is 1. The van der Waals surface area contributed by atoms with Crippen LogP contribution in [0.1, 0.15) is 37.3 Å². The van der Waals surface area contributed by atoms with E-state index < -0.39 is 0 Å². The van der Waals surface area contributed by atoms with Crippen LogP contribution in [0.25, 0.3) is 0 Å². The molecule has 32 heavy (non-hydrogen) atoms. The fourth-order valence-electron chi connectivity index (χ4n) is 3.63. The lowest BCUT2D eigenvalue weighted by molar-refractivity contribution is 0.122. The Balaban J connectivity index is 0.00000363. The Bertz CT molecular complexity index is 825. The Morgan fingerprint density at radius 3 is 2.62 bits per heavy atom. The summed E-state index contributed by atoms with van der Waals surface area (Å²) in [5, 5.41) is 6.82. The summed E-state index contributed by atoms with van der Waals surface area (Å²) in [5.74, 6) is 3.19. The molecule has 1 saturated heterocycles. The third-order valence-corrected chi connectivity index (χ3v) is 5.48. The van der Waals surface area contributed by atoms with Gasteiger partial charge < -0.3 is 25.0 Å². The number of hydrogen-bond donors (Lipinski definition) is 2. The van der Waals surface area contributed by atoms with Gasteiger partial charge in [0.25, 0.3) is 0 Å². The Morgan fingerprint density at radius 2 is 1.94 bits per heavy atom. The van der Waals surface area contributed by atoms with Gasteiger partial charge in [0, 0.05) is 37.9 Å². The molecule has 0 aliphatic carbocycles. The molecule has 176 valence electrons. The normalized spacial score (nSPS) is 15.0. The van der Waals surface area contributed by atoms with Crippen molar-refractivity contribution >= 4 is 35.8 Å². The summed E-state index contributed by atoms with van der Waals surface area (Å²) in [6.45, 7) is 9.82. The van der Waals surface area contributed by atoms with Gasteiger partial charge in [-0.3, -0.25) is 0 Å². The number of halogens is 1. The molecule has 3 rings (SSSR count). The maximum absolute atomic E-state index is 5.48. The quantitative estimate of drug-likeness (QED) is 0.280. The standard InChI is InChI=1S/C24H35N5O2.HI/c1-4-25-24(27-13-11-19(2)20-7-9-22(30-3)10-8-20)28-18-21-6-5-12-26-23(21)29-14-16-31-17-15-29;/h5-10,12,19H,4,11,13-18H2,1-3H3,(H2,25,27,28);1H. The van der Waals surface area contributed by atoms with Crippen molar-refractivity contribution < 1.29 is 9.47 Å². The van der Waals surface area contributed by atoms with Crippen LogP contribution in [0.3, 0.4) is 0 Å². The largest absolute Gasteiger partial charge is 0.497 e. The van der Waals surface area contributed by atoms with E-state index in [0.717, 1.165) is 68.9 Å². The zero-order valence-electron chi connectivity index (χ0n) is 19.3. The molecule has 1 aromatic carbocycles. The lowest BCUT2D eigenvalue weighted by atomic mass is 9.98. The first kappa shape index (κ1) is 26.2. The van der Waals surface area contributed by atoms with Gasteiger partial charge >= 0.3 is 0 Å². The van der Waals surface area contributed by atoms with Crippen LogP contribution in [0, 0.1) is 0 Å². The minimum Gasteiger partial charge on any atom is -0.497 e. The second kappa shape index (κ2) is 14.2. The number of morpholine rings is 1. The summed E-state index contributed by atoms with van der Waals surface area (Å²) in [6.07, 6.45) is 2.87. The predicted octanol–water partition coefficient (Wildman–Crippen LogP) is 3.79. The van der Waals surface area contributed by atoms with E-state index in [4.69, 9.17) is 14.5 Å². The number of aliphatic imine (C=N–C) groups is 1. The Morgan fingerprint density at radius 1 is 1.19 bits per heavy atom. The summed E-state index contributed by atoms with van der Waals surface area (Å²) in [5.41, 5.74) is 2.45. The highest BCUT2D eigenvalue weighted by Crippen LogP contribution is 2.21. The molecular formula is C24H36IN5O2. The van der Waals surface area contributed by atoms with Crippen LogP contribution < -0.4 is 20.3 Å². The second-order valence-electron chi connectivity index (χ2n) is 7.67. The number of methoxy groups -OCH3 is 1. The van der Waals surface area contributed by atoms with Crippen molar-refractivity contribution in [2.75, 3.05) is 51.4 Å². The molecule has 0 saturated carbocycles. The Kier molecular flexibility index (Phi) is 11.6. The monoisotopic (exact) mass is 553 g/mol. The summed E-state index contributed by atoms with van der Waals surface area (Å²) < 4.78 is 10.7. The fraction of sp³-hybridized carbons (Fsp3) is 0.500. The zero-order chi connectivity index (χ0) is 21.9. The van der Waals surface area contributed by atoms with Gasteiger partial charge in [-0.2, -0.15) is 0 Å². The molecule has 0 bridgehead atoms. The van der Waals surface area contributed by atoms with Crippen LogP contribution in [0.2, 0.25) is 0 Å². The molecule has 0 spiro atoms. The Hall–Kier alpha value is -2.07. The van der Waals surface area contributed by atoms with Gasteiger partial charge in [-0.05, 0) is 43.0 Å². The van der Waals surface area contributed by atoms with Crippen molar-refractivity contribution in [2.24, 2.45) is 4.99 Å². The molecule has 0 amide bonds. The molecule has 2 heterocycles. The smallest absolute Gasteiger partial charge is 0.191 e. The molecule has 2 N–H and O–H groups in total. The van der Waals surface area contributed by atoms with Crippen LogP contribution in [-0.4, -0.2) is 57.4 Å². The number of nitrogens with one attached hydrogen (secondary N) is 2. The number of benzene rings is 1. The van der Waals surface area contributed by atoms with Gasteiger partial charge in [-0.1, -0.05) is 25.1 Å². The number of pyridine rings is 1. The highest BCUT2D eigenvalue weighted by molar-refractivity contribution is 14.0. The number of anilines is 1. The van der Waals surface area contributed by atoms with Gasteiger partial charge in [0.2, 0.25) is 0 Å². The summed E-state index contributed by atoms with van der Waals surface area (Å²) in [4.78, 5) is 11.7. The second-order valence-corrected chi connectivity index (χ2v) is 7.67. The maximum Gasteiger partial charge on any atom is 0.191 e. The number of hydrogen-bond acceptors (Lipinski definition) is 5. The molecule has 1 aliphatic rings. The van der Waals surface area contributed by atoms with E-state index in [2.05, 4.69) is 52.6 Å². The summed E-state index contributed by atoms with van der Waals surface area (Å²) in [7, 11) is 1.69. The highest BCUT2D eigenvalue weighted by atomic mass is 127. The first-order chi connectivity index (χ1) is 15.2. The maximum atomic E-state index is 5.48. The predicted molar refractivity (Wildman–Crippen MR) is 142 cm³/mol. The van der Waals surface area contributed by atoms with Gasteiger partial charge in [0.1, 0.15) is 11.6 Å². The SMILES string of the molecule is CCNC(=NCc1cccnc1N1CCOCC1)NCCC(C)c1ccc(OC)cc1.I. The van der Waals surface area contributed by atoms with Crippen LogP contribution in [-0.2, 0) is 11.3 Å². The van der Waals surface area contributed by atoms with Crippen molar-refractivity contribution in [3.63, 3.8) is 0 Å². The average molecular weight is 553 g/mol. The number of aromatic nitrogens is 1. The van der Waals surface area contributed by atoms with Crippen LogP contribution in [0.5, 0.6) is 5.75 Å². The lowest BCUT2D eigenvalue weighted by Crippen LogP contribution is -2.38. The number of ether oxygens (including phenoxy) is 2. The topological polar surface area (TPSA) is 71.0 Å². The van der Waals surface area contributed by atoms with Crippen LogP contribution >= 0.6 is 24.0 Å². The molecule has 1 aliphatic heterocycles. The van der Waals surface area contributed by atoms with E-state index in [1.807, 2.05) is 24.4 Å². The van der Waals surface area contributed by atoms with E-state index in [1.54, 1.807) is 7.11 Å². The molecule has 7 nitrogen and oxygen atoms in total. The molecule has 1 atom stereocenters. The van der Waals surface area contributed by atoms with Crippen molar-refractivity contribution in [1.82, 2.24) is 15.6 Å². The van der Waals surface area contributed by atoms with E-state index >= 15 is 0 Å². The highest BCUT2D eigenvalue weighted by Gasteiger charge is 2.15. The third-order valence-electron chi connectivity index (χ3n) is 5.48. The lowest BCUT2D eigenvalue weighted by Gasteiger charge is -2.29. The number of nitrogens with zero attached hydrogens (tertiary/aromatic N) is 3. The van der Waals surface area contributed by atoms with E-state index in [0.29, 0.717) is 12.5 Å². The molecule has 1 fully saturated rings. The van der Waals surface area contributed by atoms with Crippen molar-refractivity contribution in [3.8, 4) is 5.75 Å². The molecule has 8 heteroatoms. The van der Waals surface area contributed by atoms with Gasteiger partial charge in [-0.15, -0.1) is 24.0 Å². The fourth-order valence-corrected chi connectivity index (χ4v) is 3.63. The molecular weight excluding hydrogens is 517 g/mol. The molecule has 1 aromatic heterocycles. The molecule has 1 unspecified atom stereocenters.